The van der Waals surface area contributed by atoms with Gasteiger partial charge in [0.2, 0.25) is 0 Å². The maximum absolute atomic E-state index is 13.5. The summed E-state index contributed by atoms with van der Waals surface area (Å²) in [5.74, 6) is 1.53. The van der Waals surface area contributed by atoms with Crippen molar-refractivity contribution in [2.24, 2.45) is 23.7 Å². The highest BCUT2D eigenvalue weighted by Crippen LogP contribution is 2.42. The van der Waals surface area contributed by atoms with E-state index < -0.39 is 5.54 Å². The fourth-order valence-electron chi connectivity index (χ4n) is 6.83. The number of hydrogen-bond donors (Lipinski definition) is 0. The molecule has 2 unspecified atom stereocenters. The average molecular weight is 475 g/mol. The second-order valence-electron chi connectivity index (χ2n) is 11.9. The maximum atomic E-state index is 13.5. The van der Waals surface area contributed by atoms with Crippen LogP contribution in [0.25, 0.3) is 0 Å². The standard InChI is InChI=1S/C29H50N2O3/c1-5-24(16-12-15-23-13-10-8-6-7-9-11-14-23)26(32)21-31-27(33)29(3,30(4)28(31)34)25-19-17-22(2)18-20-25/h22-25H,5-21H2,1-4H3. The molecule has 3 rings (SSSR count). The second kappa shape index (κ2) is 12.5. The van der Waals surface area contributed by atoms with Gasteiger partial charge in [-0.1, -0.05) is 90.9 Å². The van der Waals surface area contributed by atoms with Crippen LogP contribution in [0.1, 0.15) is 124 Å². The summed E-state index contributed by atoms with van der Waals surface area (Å²) in [6.07, 6.45) is 19.0. The predicted molar refractivity (Wildman–Crippen MR) is 137 cm³/mol. The van der Waals surface area contributed by atoms with Crippen LogP contribution in [0.5, 0.6) is 0 Å². The zero-order chi connectivity index (χ0) is 24.7. The van der Waals surface area contributed by atoms with Gasteiger partial charge in [0.15, 0.2) is 5.78 Å². The van der Waals surface area contributed by atoms with Gasteiger partial charge >= 0.3 is 6.03 Å². The number of likely N-dealkylation sites (N-methyl/N-ethyl adjacent to an activating group) is 1. The van der Waals surface area contributed by atoms with Crippen LogP contribution in [-0.2, 0) is 9.59 Å². The summed E-state index contributed by atoms with van der Waals surface area (Å²) >= 11 is 0. The van der Waals surface area contributed by atoms with Crippen molar-refractivity contribution >= 4 is 17.7 Å². The molecule has 0 spiro atoms. The summed E-state index contributed by atoms with van der Waals surface area (Å²) in [6, 6.07) is -0.292. The molecule has 5 heteroatoms. The number of rotatable bonds is 9. The molecule has 34 heavy (non-hydrogen) atoms. The number of imide groups is 1. The Hall–Kier alpha value is -1.39. The molecule has 1 heterocycles. The van der Waals surface area contributed by atoms with Gasteiger partial charge in [-0.3, -0.25) is 14.5 Å². The van der Waals surface area contributed by atoms with Crippen molar-refractivity contribution in [3.63, 3.8) is 0 Å². The Morgan fingerprint density at radius 1 is 0.971 bits per heavy atom. The van der Waals surface area contributed by atoms with Crippen molar-refractivity contribution in [2.45, 2.75) is 129 Å². The minimum atomic E-state index is -0.809. The number of carbonyl (C=O) groups excluding carboxylic acids is 3. The van der Waals surface area contributed by atoms with Gasteiger partial charge < -0.3 is 4.90 Å². The van der Waals surface area contributed by atoms with Gasteiger partial charge in [0, 0.05) is 13.0 Å². The lowest BCUT2D eigenvalue weighted by molar-refractivity contribution is -0.138. The molecule has 0 bridgehead atoms. The number of Topliss-reactive ketones (excluding diaryl/α,β-unsaturated/α-hetero) is 1. The molecule has 0 aromatic carbocycles. The molecular weight excluding hydrogens is 424 g/mol. The second-order valence-corrected chi connectivity index (χ2v) is 11.9. The monoisotopic (exact) mass is 474 g/mol. The maximum Gasteiger partial charge on any atom is 0.327 e. The number of ketones is 1. The van der Waals surface area contributed by atoms with Crippen LogP contribution in [0.3, 0.4) is 0 Å². The first kappa shape index (κ1) is 27.2. The normalized spacial score (nSPS) is 30.7. The van der Waals surface area contributed by atoms with Gasteiger partial charge in [-0.05, 0) is 50.4 Å². The van der Waals surface area contributed by atoms with Crippen LogP contribution in [0.4, 0.5) is 4.79 Å². The highest BCUT2D eigenvalue weighted by Gasteiger charge is 2.57. The molecule has 5 nitrogen and oxygen atoms in total. The zero-order valence-corrected chi connectivity index (χ0v) is 22.4. The quantitative estimate of drug-likeness (QED) is 0.339. The topological polar surface area (TPSA) is 57.7 Å². The molecule has 3 aliphatic rings. The smallest absolute Gasteiger partial charge is 0.313 e. The third kappa shape index (κ3) is 6.23. The molecule has 0 aromatic rings. The Bertz CT molecular complexity index is 689. The third-order valence-corrected chi connectivity index (χ3v) is 9.61. The van der Waals surface area contributed by atoms with Crippen LogP contribution < -0.4 is 0 Å². The van der Waals surface area contributed by atoms with E-state index >= 15 is 0 Å². The fourth-order valence-corrected chi connectivity index (χ4v) is 6.83. The van der Waals surface area contributed by atoms with Crippen molar-refractivity contribution in [2.75, 3.05) is 13.6 Å². The number of amides is 3. The number of nitrogens with zero attached hydrogens (tertiary/aromatic N) is 2. The Balaban J connectivity index is 1.54. The SMILES string of the molecule is CCC(CCCC1CCCCCCCC1)C(=O)CN1C(=O)N(C)C(C)(C2CCC(C)CC2)C1=O. The summed E-state index contributed by atoms with van der Waals surface area (Å²) in [7, 11) is 1.75. The molecule has 2 saturated carbocycles. The molecule has 1 saturated heterocycles. The minimum absolute atomic E-state index is 0.0513. The van der Waals surface area contributed by atoms with Crippen LogP contribution in [0.15, 0.2) is 0 Å². The number of urea groups is 1. The van der Waals surface area contributed by atoms with E-state index in [-0.39, 0.29) is 36.1 Å². The van der Waals surface area contributed by atoms with Gasteiger partial charge in [0.25, 0.3) is 5.91 Å². The predicted octanol–water partition coefficient (Wildman–Crippen LogP) is 6.98. The van der Waals surface area contributed by atoms with Crippen LogP contribution in [0.2, 0.25) is 0 Å². The molecule has 0 aromatic heterocycles. The van der Waals surface area contributed by atoms with E-state index in [4.69, 9.17) is 0 Å². The molecule has 2 aliphatic carbocycles. The van der Waals surface area contributed by atoms with Crippen molar-refractivity contribution in [1.82, 2.24) is 9.80 Å². The first-order valence-electron chi connectivity index (χ1n) is 14.4. The van der Waals surface area contributed by atoms with Gasteiger partial charge in [0.05, 0.1) is 6.54 Å². The molecule has 3 fully saturated rings. The minimum Gasteiger partial charge on any atom is -0.313 e. The molecule has 0 radical (unpaired) electrons. The molecule has 0 N–H and O–H groups in total. The van der Waals surface area contributed by atoms with E-state index in [9.17, 15) is 14.4 Å². The number of hydrogen-bond acceptors (Lipinski definition) is 3. The van der Waals surface area contributed by atoms with Gasteiger partial charge in [-0.2, -0.15) is 0 Å². The number of carbonyl (C=O) groups is 3. The van der Waals surface area contributed by atoms with E-state index in [1.165, 1.54) is 62.7 Å². The molecular formula is C29H50N2O3. The lowest BCUT2D eigenvalue weighted by atomic mass is 9.72. The molecule has 1 aliphatic heterocycles. The van der Waals surface area contributed by atoms with Crippen molar-refractivity contribution < 1.29 is 14.4 Å². The van der Waals surface area contributed by atoms with E-state index in [1.807, 2.05) is 6.92 Å². The van der Waals surface area contributed by atoms with Gasteiger partial charge in [-0.15, -0.1) is 0 Å². The molecule has 194 valence electrons. The Kier molecular flexibility index (Phi) is 10.0. The largest absolute Gasteiger partial charge is 0.327 e. The van der Waals surface area contributed by atoms with E-state index in [0.29, 0.717) is 5.92 Å². The highest BCUT2D eigenvalue weighted by molar-refractivity contribution is 6.09. The van der Waals surface area contributed by atoms with Gasteiger partial charge in [0.1, 0.15) is 5.54 Å². The lowest BCUT2D eigenvalue weighted by Gasteiger charge is -2.40. The van der Waals surface area contributed by atoms with Crippen LogP contribution >= 0.6 is 0 Å². The summed E-state index contributed by atoms with van der Waals surface area (Å²) in [5.41, 5.74) is -0.809. The van der Waals surface area contributed by atoms with E-state index in [0.717, 1.165) is 50.9 Å². The van der Waals surface area contributed by atoms with Crippen molar-refractivity contribution in [3.8, 4) is 0 Å². The Labute approximate surface area is 208 Å². The van der Waals surface area contributed by atoms with Crippen LogP contribution in [-0.4, -0.2) is 46.7 Å². The first-order valence-corrected chi connectivity index (χ1v) is 14.4. The summed E-state index contributed by atoms with van der Waals surface area (Å²) < 4.78 is 0. The first-order chi connectivity index (χ1) is 16.3. The summed E-state index contributed by atoms with van der Waals surface area (Å²) in [6.45, 7) is 6.20. The van der Waals surface area contributed by atoms with Crippen molar-refractivity contribution in [1.29, 1.82) is 0 Å². The average Bonchev–Trinajstić information content (AvgIpc) is 3.08. The molecule has 3 amide bonds. The van der Waals surface area contributed by atoms with Crippen LogP contribution in [0, 0.1) is 23.7 Å². The lowest BCUT2D eigenvalue weighted by Crippen LogP contribution is -2.52. The van der Waals surface area contributed by atoms with Crippen molar-refractivity contribution in [3.05, 3.63) is 0 Å². The Morgan fingerprint density at radius 2 is 1.56 bits per heavy atom. The zero-order valence-electron chi connectivity index (χ0n) is 22.4. The van der Waals surface area contributed by atoms with E-state index in [2.05, 4.69) is 13.8 Å². The third-order valence-electron chi connectivity index (χ3n) is 9.61. The molecule has 2 atom stereocenters. The highest BCUT2D eigenvalue weighted by atomic mass is 16.2. The summed E-state index contributed by atoms with van der Waals surface area (Å²) in [4.78, 5) is 42.7. The Morgan fingerprint density at radius 3 is 2.15 bits per heavy atom. The fraction of sp³-hybridized carbons (Fsp3) is 0.897. The van der Waals surface area contributed by atoms with Gasteiger partial charge in [-0.25, -0.2) is 4.79 Å². The van der Waals surface area contributed by atoms with E-state index in [1.54, 1.807) is 11.9 Å². The summed E-state index contributed by atoms with van der Waals surface area (Å²) in [5, 5.41) is 0.